The Balaban J connectivity index is 1.83. The second-order valence-corrected chi connectivity index (χ2v) is 6.17. The number of H-pyrrole nitrogens is 1. The molecule has 2 aliphatic rings. The summed E-state index contributed by atoms with van der Waals surface area (Å²) in [5.74, 6) is 0.870. The SMILES string of the molecule is COc1ccc2c(c1)[nH]c(=S)n2C1CCN2CCCC12. The van der Waals surface area contributed by atoms with Gasteiger partial charge in [0.15, 0.2) is 4.77 Å². The number of aromatic amines is 1. The van der Waals surface area contributed by atoms with Crippen LogP contribution in [-0.4, -0.2) is 40.7 Å². The largest absolute Gasteiger partial charge is 0.497 e. The molecule has 0 saturated carbocycles. The van der Waals surface area contributed by atoms with Crippen molar-refractivity contribution in [3.63, 3.8) is 0 Å². The van der Waals surface area contributed by atoms with Crippen LogP contribution in [0, 0.1) is 4.77 Å². The van der Waals surface area contributed by atoms with Crippen LogP contribution in [0.3, 0.4) is 0 Å². The smallest absolute Gasteiger partial charge is 0.178 e. The quantitative estimate of drug-likeness (QED) is 0.862. The molecule has 20 heavy (non-hydrogen) atoms. The topological polar surface area (TPSA) is 33.2 Å². The summed E-state index contributed by atoms with van der Waals surface area (Å²) < 4.78 is 8.47. The maximum Gasteiger partial charge on any atom is 0.178 e. The van der Waals surface area contributed by atoms with Gasteiger partial charge in [-0.2, -0.15) is 0 Å². The molecule has 2 atom stereocenters. The third kappa shape index (κ3) is 1.73. The van der Waals surface area contributed by atoms with Gasteiger partial charge < -0.3 is 14.3 Å². The number of rotatable bonds is 2. The molecule has 2 unspecified atom stereocenters. The Morgan fingerprint density at radius 2 is 2.15 bits per heavy atom. The molecule has 0 bridgehead atoms. The molecule has 106 valence electrons. The standard InChI is InChI=1S/C15H19N3OS/c1-19-10-4-5-12-11(9-10)16-15(20)18(12)14-6-8-17-7-2-3-13(14)17/h4-5,9,13-14H,2-3,6-8H2,1H3,(H,16,20). The highest BCUT2D eigenvalue weighted by Gasteiger charge is 2.38. The number of methoxy groups -OCH3 is 1. The van der Waals surface area contributed by atoms with Gasteiger partial charge in [0.2, 0.25) is 0 Å². The van der Waals surface area contributed by atoms with Crippen LogP contribution in [0.1, 0.15) is 25.3 Å². The van der Waals surface area contributed by atoms with E-state index in [4.69, 9.17) is 17.0 Å². The molecule has 4 nitrogen and oxygen atoms in total. The van der Waals surface area contributed by atoms with Gasteiger partial charge in [0.05, 0.1) is 24.2 Å². The van der Waals surface area contributed by atoms with Crippen molar-refractivity contribution in [1.29, 1.82) is 0 Å². The predicted octanol–water partition coefficient (Wildman–Crippen LogP) is 3.12. The summed E-state index contributed by atoms with van der Waals surface area (Å²) in [5.41, 5.74) is 2.28. The summed E-state index contributed by atoms with van der Waals surface area (Å²) in [5, 5.41) is 0. The van der Waals surface area contributed by atoms with Gasteiger partial charge in [-0.1, -0.05) is 0 Å². The first kappa shape index (κ1) is 12.4. The normalized spacial score (nSPS) is 26.2. The molecule has 1 aromatic heterocycles. The van der Waals surface area contributed by atoms with Gasteiger partial charge in [-0.25, -0.2) is 0 Å². The summed E-state index contributed by atoms with van der Waals surface area (Å²) in [6.07, 6.45) is 3.83. The third-order valence-corrected chi connectivity index (χ3v) is 5.12. The van der Waals surface area contributed by atoms with Crippen LogP contribution in [-0.2, 0) is 0 Å². The van der Waals surface area contributed by atoms with E-state index in [-0.39, 0.29) is 0 Å². The van der Waals surface area contributed by atoms with Gasteiger partial charge in [0, 0.05) is 18.7 Å². The number of nitrogens with zero attached hydrogens (tertiary/aromatic N) is 2. The van der Waals surface area contributed by atoms with Crippen LogP contribution in [0.25, 0.3) is 11.0 Å². The van der Waals surface area contributed by atoms with E-state index in [1.807, 2.05) is 12.1 Å². The molecule has 0 radical (unpaired) electrons. The molecule has 2 fully saturated rings. The van der Waals surface area contributed by atoms with E-state index < -0.39 is 0 Å². The summed E-state index contributed by atoms with van der Waals surface area (Å²) in [7, 11) is 1.69. The molecule has 3 heterocycles. The van der Waals surface area contributed by atoms with Crippen molar-refractivity contribution in [3.05, 3.63) is 23.0 Å². The Labute approximate surface area is 123 Å². The van der Waals surface area contributed by atoms with Crippen LogP contribution >= 0.6 is 12.2 Å². The Morgan fingerprint density at radius 1 is 1.25 bits per heavy atom. The summed E-state index contributed by atoms with van der Waals surface area (Å²) >= 11 is 5.58. The molecule has 2 aromatic rings. The summed E-state index contributed by atoms with van der Waals surface area (Å²) in [4.78, 5) is 5.96. The molecule has 4 rings (SSSR count). The van der Waals surface area contributed by atoms with Gasteiger partial charge in [0.1, 0.15) is 5.75 Å². The van der Waals surface area contributed by atoms with Crippen LogP contribution in [0.2, 0.25) is 0 Å². The second kappa shape index (κ2) is 4.60. The number of hydrogen-bond donors (Lipinski definition) is 1. The molecule has 1 aromatic carbocycles. The zero-order chi connectivity index (χ0) is 13.7. The molecule has 0 aliphatic carbocycles. The number of benzene rings is 1. The van der Waals surface area contributed by atoms with Crippen LogP contribution < -0.4 is 4.74 Å². The Morgan fingerprint density at radius 3 is 3.00 bits per heavy atom. The number of fused-ring (bicyclic) bond motifs is 2. The van der Waals surface area contributed by atoms with Gasteiger partial charge in [-0.05, 0) is 50.2 Å². The van der Waals surface area contributed by atoms with E-state index in [2.05, 4.69) is 20.5 Å². The molecule has 0 amide bonds. The Hall–Kier alpha value is -1.33. The molecule has 0 spiro atoms. The van der Waals surface area contributed by atoms with Crippen molar-refractivity contribution in [2.45, 2.75) is 31.3 Å². The van der Waals surface area contributed by atoms with Gasteiger partial charge in [-0.15, -0.1) is 0 Å². The fourth-order valence-corrected chi connectivity index (χ4v) is 4.27. The zero-order valence-corrected chi connectivity index (χ0v) is 12.4. The van der Waals surface area contributed by atoms with Crippen molar-refractivity contribution in [3.8, 4) is 5.75 Å². The van der Waals surface area contributed by atoms with Crippen molar-refractivity contribution >= 4 is 23.3 Å². The van der Waals surface area contributed by atoms with E-state index in [0.717, 1.165) is 16.0 Å². The Kier molecular flexibility index (Phi) is 2.86. The highest BCUT2D eigenvalue weighted by Crippen LogP contribution is 2.38. The summed E-state index contributed by atoms with van der Waals surface area (Å²) in [6, 6.07) is 7.36. The minimum atomic E-state index is 0.521. The lowest BCUT2D eigenvalue weighted by atomic mass is 10.1. The van der Waals surface area contributed by atoms with Crippen molar-refractivity contribution < 1.29 is 4.74 Å². The highest BCUT2D eigenvalue weighted by atomic mass is 32.1. The van der Waals surface area contributed by atoms with Gasteiger partial charge in [-0.3, -0.25) is 4.90 Å². The maximum absolute atomic E-state index is 5.58. The predicted molar refractivity (Wildman–Crippen MR) is 81.9 cm³/mol. The fraction of sp³-hybridized carbons (Fsp3) is 0.533. The fourth-order valence-electron chi connectivity index (χ4n) is 3.92. The molecule has 5 heteroatoms. The number of aromatic nitrogens is 2. The molecule has 2 saturated heterocycles. The summed E-state index contributed by atoms with van der Waals surface area (Å²) in [6.45, 7) is 2.46. The van der Waals surface area contributed by atoms with Crippen LogP contribution in [0.5, 0.6) is 5.75 Å². The minimum absolute atomic E-state index is 0.521. The lowest BCUT2D eigenvalue weighted by Gasteiger charge is -2.22. The average Bonchev–Trinajstić information content (AvgIpc) is 3.11. The van der Waals surface area contributed by atoms with E-state index in [1.165, 1.54) is 37.9 Å². The minimum Gasteiger partial charge on any atom is -0.497 e. The highest BCUT2D eigenvalue weighted by molar-refractivity contribution is 7.71. The van der Waals surface area contributed by atoms with Crippen molar-refractivity contribution in [1.82, 2.24) is 14.5 Å². The number of ether oxygens (including phenoxy) is 1. The second-order valence-electron chi connectivity index (χ2n) is 5.78. The van der Waals surface area contributed by atoms with Crippen LogP contribution in [0.15, 0.2) is 18.2 Å². The lowest BCUT2D eigenvalue weighted by Crippen LogP contribution is -2.27. The maximum atomic E-state index is 5.58. The third-order valence-electron chi connectivity index (χ3n) is 4.83. The van der Waals surface area contributed by atoms with Crippen molar-refractivity contribution in [2.75, 3.05) is 20.2 Å². The van der Waals surface area contributed by atoms with Crippen LogP contribution in [0.4, 0.5) is 0 Å². The molecule has 1 N–H and O–H groups in total. The van der Waals surface area contributed by atoms with E-state index >= 15 is 0 Å². The molecule has 2 aliphatic heterocycles. The number of hydrogen-bond acceptors (Lipinski definition) is 3. The zero-order valence-electron chi connectivity index (χ0n) is 11.6. The van der Waals surface area contributed by atoms with Gasteiger partial charge in [0.25, 0.3) is 0 Å². The van der Waals surface area contributed by atoms with E-state index in [1.54, 1.807) is 7.11 Å². The first-order valence-electron chi connectivity index (χ1n) is 7.30. The Bertz CT molecular complexity index is 705. The first-order valence-corrected chi connectivity index (χ1v) is 7.71. The van der Waals surface area contributed by atoms with Crippen molar-refractivity contribution in [2.24, 2.45) is 0 Å². The molecular formula is C15H19N3OS. The van der Waals surface area contributed by atoms with E-state index in [0.29, 0.717) is 12.1 Å². The van der Waals surface area contributed by atoms with E-state index in [9.17, 15) is 0 Å². The monoisotopic (exact) mass is 289 g/mol. The number of imidazole rings is 1. The first-order chi connectivity index (χ1) is 9.78. The number of nitrogens with one attached hydrogen (secondary N) is 1. The average molecular weight is 289 g/mol. The molecular weight excluding hydrogens is 270 g/mol. The van der Waals surface area contributed by atoms with Gasteiger partial charge >= 0.3 is 0 Å². The lowest BCUT2D eigenvalue weighted by molar-refractivity contribution is 0.291.